The smallest absolute Gasteiger partial charge is 0.262 e. The molecule has 2 N–H and O–H groups in total. The number of halogens is 1. The van der Waals surface area contributed by atoms with Gasteiger partial charge in [-0.1, -0.05) is 18.2 Å². The molecule has 146 valence electrons. The first-order chi connectivity index (χ1) is 13.3. The molecule has 1 amide bonds. The monoisotopic (exact) mass is 402 g/mol. The number of hydrogen-bond donors (Lipinski definition) is 2. The van der Waals surface area contributed by atoms with Gasteiger partial charge in [-0.15, -0.1) is 0 Å². The van der Waals surface area contributed by atoms with Crippen molar-refractivity contribution in [3.63, 3.8) is 0 Å². The maximum absolute atomic E-state index is 13.8. The number of carbonyl (C=O) groups excluding carboxylic acids is 1. The summed E-state index contributed by atoms with van der Waals surface area (Å²) in [5.41, 5.74) is -0.0221. The summed E-state index contributed by atoms with van der Waals surface area (Å²) < 4.78 is 42.7. The van der Waals surface area contributed by atoms with Crippen LogP contribution in [0.3, 0.4) is 0 Å². The third kappa shape index (κ3) is 4.20. The Morgan fingerprint density at radius 3 is 2.57 bits per heavy atom. The van der Waals surface area contributed by atoms with Crippen LogP contribution in [-0.2, 0) is 10.0 Å². The van der Waals surface area contributed by atoms with Crippen LogP contribution in [0.25, 0.3) is 0 Å². The number of hydrogen-bond acceptors (Lipinski definition) is 4. The zero-order chi connectivity index (χ0) is 20.3. The number of nitrogens with zero attached hydrogens (tertiary/aromatic N) is 2. The van der Waals surface area contributed by atoms with Crippen LogP contribution in [0.1, 0.15) is 30.2 Å². The fourth-order valence-electron chi connectivity index (χ4n) is 2.57. The molecule has 0 spiro atoms. The Morgan fingerprint density at radius 1 is 1.11 bits per heavy atom. The summed E-state index contributed by atoms with van der Waals surface area (Å²) in [6.45, 7) is 3.84. The van der Waals surface area contributed by atoms with Crippen LogP contribution in [0.2, 0.25) is 0 Å². The summed E-state index contributed by atoms with van der Waals surface area (Å²) in [6, 6.07) is 12.6. The molecule has 0 aliphatic carbocycles. The minimum atomic E-state index is -4.06. The van der Waals surface area contributed by atoms with Crippen LogP contribution >= 0.6 is 0 Å². The number of sulfonamides is 1. The highest BCUT2D eigenvalue weighted by molar-refractivity contribution is 7.92. The Balaban J connectivity index is 1.84. The van der Waals surface area contributed by atoms with Crippen LogP contribution in [0, 0.1) is 5.82 Å². The number of rotatable bonds is 6. The van der Waals surface area contributed by atoms with E-state index in [9.17, 15) is 17.6 Å². The second-order valence-corrected chi connectivity index (χ2v) is 8.00. The Bertz CT molecular complexity index is 1110. The van der Waals surface area contributed by atoms with E-state index in [2.05, 4.69) is 15.1 Å². The molecule has 0 unspecified atom stereocenters. The van der Waals surface area contributed by atoms with Crippen molar-refractivity contribution in [1.29, 1.82) is 0 Å². The van der Waals surface area contributed by atoms with Gasteiger partial charge >= 0.3 is 0 Å². The fourth-order valence-corrected chi connectivity index (χ4v) is 3.68. The molecule has 1 aromatic heterocycles. The number of anilines is 2. The Kier molecular flexibility index (Phi) is 5.46. The summed E-state index contributed by atoms with van der Waals surface area (Å²) in [5, 5.41) is 6.85. The van der Waals surface area contributed by atoms with Gasteiger partial charge in [-0.25, -0.2) is 17.5 Å². The van der Waals surface area contributed by atoms with E-state index in [1.54, 1.807) is 16.9 Å². The van der Waals surface area contributed by atoms with E-state index < -0.39 is 21.7 Å². The molecule has 0 bridgehead atoms. The molecule has 0 aliphatic rings. The van der Waals surface area contributed by atoms with Gasteiger partial charge in [0.05, 0.1) is 16.8 Å². The molecule has 0 aliphatic heterocycles. The van der Waals surface area contributed by atoms with Crippen LogP contribution < -0.4 is 10.0 Å². The van der Waals surface area contributed by atoms with E-state index in [1.165, 1.54) is 42.5 Å². The van der Waals surface area contributed by atoms with Crippen LogP contribution in [-0.4, -0.2) is 24.1 Å². The molecule has 3 rings (SSSR count). The molecular weight excluding hydrogens is 383 g/mol. The van der Waals surface area contributed by atoms with E-state index >= 15 is 0 Å². The van der Waals surface area contributed by atoms with E-state index in [4.69, 9.17) is 0 Å². The SMILES string of the molecule is CC(C)n1nccc1NC(=O)c1cccc(S(=O)(=O)Nc2ccccc2F)c1. The van der Waals surface area contributed by atoms with Gasteiger partial charge in [0.2, 0.25) is 0 Å². The molecule has 0 fully saturated rings. The van der Waals surface area contributed by atoms with Crippen molar-refractivity contribution in [2.75, 3.05) is 10.0 Å². The first kappa shape index (κ1) is 19.6. The van der Waals surface area contributed by atoms with Gasteiger partial charge in [0.25, 0.3) is 15.9 Å². The van der Waals surface area contributed by atoms with Crippen LogP contribution in [0.5, 0.6) is 0 Å². The van der Waals surface area contributed by atoms with Gasteiger partial charge in [-0.2, -0.15) is 5.10 Å². The topological polar surface area (TPSA) is 93.1 Å². The first-order valence-corrected chi connectivity index (χ1v) is 9.98. The van der Waals surface area contributed by atoms with Crippen LogP contribution in [0.4, 0.5) is 15.9 Å². The van der Waals surface area contributed by atoms with Crippen LogP contribution in [0.15, 0.2) is 65.7 Å². The van der Waals surface area contributed by atoms with Crippen molar-refractivity contribution in [2.45, 2.75) is 24.8 Å². The second-order valence-electron chi connectivity index (χ2n) is 6.32. The molecule has 0 atom stereocenters. The lowest BCUT2D eigenvalue weighted by Crippen LogP contribution is -2.18. The summed E-state index contributed by atoms with van der Waals surface area (Å²) in [6.07, 6.45) is 1.56. The number of para-hydroxylation sites is 1. The van der Waals surface area contributed by atoms with E-state index in [-0.39, 0.29) is 22.2 Å². The van der Waals surface area contributed by atoms with E-state index in [1.807, 2.05) is 13.8 Å². The van der Waals surface area contributed by atoms with Crippen molar-refractivity contribution >= 4 is 27.4 Å². The average molecular weight is 402 g/mol. The molecule has 7 nitrogen and oxygen atoms in total. The van der Waals surface area contributed by atoms with Crippen molar-refractivity contribution in [3.8, 4) is 0 Å². The summed E-state index contributed by atoms with van der Waals surface area (Å²) in [7, 11) is -4.06. The lowest BCUT2D eigenvalue weighted by molar-refractivity contribution is 0.102. The summed E-state index contributed by atoms with van der Waals surface area (Å²) in [5.74, 6) is -0.676. The predicted molar refractivity (Wildman–Crippen MR) is 104 cm³/mol. The molecule has 0 saturated heterocycles. The van der Waals surface area contributed by atoms with Gasteiger partial charge in [0.15, 0.2) is 0 Å². The highest BCUT2D eigenvalue weighted by Crippen LogP contribution is 2.20. The molecule has 9 heteroatoms. The number of benzene rings is 2. The summed E-state index contributed by atoms with van der Waals surface area (Å²) >= 11 is 0. The molecule has 2 aromatic carbocycles. The lowest BCUT2D eigenvalue weighted by atomic mass is 10.2. The normalized spacial score (nSPS) is 11.4. The maximum Gasteiger partial charge on any atom is 0.262 e. The maximum atomic E-state index is 13.8. The first-order valence-electron chi connectivity index (χ1n) is 8.50. The fraction of sp³-hybridized carbons (Fsp3) is 0.158. The molecular formula is C19H19FN4O3S. The van der Waals surface area contributed by atoms with Crippen molar-refractivity contribution in [1.82, 2.24) is 9.78 Å². The van der Waals surface area contributed by atoms with E-state index in [0.29, 0.717) is 5.82 Å². The number of nitrogens with one attached hydrogen (secondary N) is 2. The highest BCUT2D eigenvalue weighted by atomic mass is 32.2. The standard InChI is InChI=1S/C19H19FN4O3S/c1-13(2)24-18(10-11-21-24)22-19(25)14-6-5-7-15(12-14)28(26,27)23-17-9-4-3-8-16(17)20/h3-13,23H,1-2H3,(H,22,25). The molecule has 0 radical (unpaired) electrons. The van der Waals surface area contributed by atoms with Crippen molar-refractivity contribution in [3.05, 3.63) is 72.2 Å². The largest absolute Gasteiger partial charge is 0.307 e. The minimum absolute atomic E-state index is 0.0435. The van der Waals surface area contributed by atoms with Gasteiger partial charge in [-0.3, -0.25) is 9.52 Å². The third-order valence-electron chi connectivity index (χ3n) is 3.93. The zero-order valence-electron chi connectivity index (χ0n) is 15.3. The van der Waals surface area contributed by atoms with Gasteiger partial charge in [0.1, 0.15) is 11.6 Å². The number of aromatic nitrogens is 2. The van der Waals surface area contributed by atoms with Gasteiger partial charge in [-0.05, 0) is 44.2 Å². The predicted octanol–water partition coefficient (Wildman–Crippen LogP) is 3.66. The second kappa shape index (κ2) is 7.81. The average Bonchev–Trinajstić information content (AvgIpc) is 3.12. The zero-order valence-corrected chi connectivity index (χ0v) is 16.1. The lowest BCUT2D eigenvalue weighted by Gasteiger charge is -2.13. The minimum Gasteiger partial charge on any atom is -0.307 e. The summed E-state index contributed by atoms with van der Waals surface area (Å²) in [4.78, 5) is 12.4. The third-order valence-corrected chi connectivity index (χ3v) is 5.29. The van der Waals surface area contributed by atoms with Crippen molar-refractivity contribution < 1.29 is 17.6 Å². The van der Waals surface area contributed by atoms with Gasteiger partial charge in [0, 0.05) is 17.7 Å². The molecule has 0 saturated carbocycles. The Hall–Kier alpha value is -3.20. The van der Waals surface area contributed by atoms with Crippen molar-refractivity contribution in [2.24, 2.45) is 0 Å². The number of amides is 1. The van der Waals surface area contributed by atoms with E-state index in [0.717, 1.165) is 6.07 Å². The Morgan fingerprint density at radius 2 is 1.86 bits per heavy atom. The quantitative estimate of drug-likeness (QED) is 0.658. The number of carbonyl (C=O) groups is 1. The highest BCUT2D eigenvalue weighted by Gasteiger charge is 2.19. The molecule has 28 heavy (non-hydrogen) atoms. The molecule has 1 heterocycles. The van der Waals surface area contributed by atoms with Gasteiger partial charge < -0.3 is 5.32 Å². The molecule has 3 aromatic rings. The Labute approximate surface area is 162 Å².